The molecule has 36 heavy (non-hydrogen) atoms. The first-order chi connectivity index (χ1) is 17.4. The number of hydrogen-bond donors (Lipinski definition) is 0. The van der Waals surface area contributed by atoms with Crippen molar-refractivity contribution < 1.29 is 19.2 Å². The smallest absolute Gasteiger partial charge is 0.343 e. The van der Waals surface area contributed by atoms with E-state index in [4.69, 9.17) is 9.57 Å². The number of carbonyl (C=O) groups excluding carboxylic acids is 2. The van der Waals surface area contributed by atoms with Crippen LogP contribution in [0, 0.1) is 13.8 Å². The van der Waals surface area contributed by atoms with Gasteiger partial charge >= 0.3 is 5.97 Å². The second kappa shape index (κ2) is 11.3. The molecule has 0 aromatic heterocycles. The number of nitrogens with zero attached hydrogens (tertiary/aromatic N) is 1. The zero-order valence-corrected chi connectivity index (χ0v) is 21.5. The normalized spacial score (nSPS) is 16.4. The van der Waals surface area contributed by atoms with Crippen molar-refractivity contribution in [3.05, 3.63) is 94.2 Å². The van der Waals surface area contributed by atoms with Gasteiger partial charge in [0, 0.05) is 12.8 Å². The van der Waals surface area contributed by atoms with Gasteiger partial charge in [-0.15, -0.1) is 0 Å². The van der Waals surface area contributed by atoms with Crippen LogP contribution in [0.1, 0.15) is 72.5 Å². The Morgan fingerprint density at radius 3 is 2.33 bits per heavy atom. The van der Waals surface area contributed by atoms with Gasteiger partial charge in [-0.3, -0.25) is 4.79 Å². The number of ether oxygens (including phenoxy) is 1. The third kappa shape index (κ3) is 5.25. The monoisotopic (exact) mass is 483 g/mol. The molecule has 0 fully saturated rings. The van der Waals surface area contributed by atoms with E-state index in [-0.39, 0.29) is 11.7 Å². The maximum atomic E-state index is 13.7. The number of benzene rings is 3. The van der Waals surface area contributed by atoms with E-state index in [1.165, 1.54) is 10.9 Å². The Morgan fingerprint density at radius 2 is 1.64 bits per heavy atom. The van der Waals surface area contributed by atoms with Crippen molar-refractivity contribution >= 4 is 28.2 Å². The molecule has 3 aromatic carbocycles. The molecule has 5 heteroatoms. The summed E-state index contributed by atoms with van der Waals surface area (Å²) in [5.74, 6) is -0.284. The maximum Gasteiger partial charge on any atom is 0.343 e. The molecule has 0 saturated heterocycles. The van der Waals surface area contributed by atoms with Crippen LogP contribution in [0.15, 0.2) is 77.2 Å². The molecule has 0 amide bonds. The molecule has 3 aromatic rings. The summed E-state index contributed by atoms with van der Waals surface area (Å²) in [5.41, 5.74) is 4.85. The molecule has 0 N–H and O–H groups in total. The summed E-state index contributed by atoms with van der Waals surface area (Å²) in [4.78, 5) is 32.2. The minimum absolute atomic E-state index is 0.0712. The fourth-order valence-corrected chi connectivity index (χ4v) is 5.14. The van der Waals surface area contributed by atoms with Crippen LogP contribution in [0.4, 0.5) is 0 Å². The number of oxime groups is 1. The lowest BCUT2D eigenvalue weighted by molar-refractivity contribution is -0.116. The van der Waals surface area contributed by atoms with Crippen LogP contribution in [-0.2, 0) is 14.4 Å². The zero-order valence-electron chi connectivity index (χ0n) is 21.5. The van der Waals surface area contributed by atoms with E-state index in [0.717, 1.165) is 22.9 Å². The Kier molecular flexibility index (Phi) is 7.99. The van der Waals surface area contributed by atoms with Crippen molar-refractivity contribution in [3.63, 3.8) is 0 Å². The molecule has 1 unspecified atom stereocenters. The lowest BCUT2D eigenvalue weighted by atomic mass is 9.77. The molecule has 186 valence electrons. The van der Waals surface area contributed by atoms with Crippen molar-refractivity contribution in [3.8, 4) is 0 Å². The number of Topliss-reactive ketones (excluding diaryl/α,β-unsaturated/α-hetero) is 1. The van der Waals surface area contributed by atoms with Crippen LogP contribution >= 0.6 is 0 Å². The summed E-state index contributed by atoms with van der Waals surface area (Å²) in [6.07, 6.45) is 2.10. The molecule has 0 bridgehead atoms. The third-order valence-corrected chi connectivity index (χ3v) is 6.63. The van der Waals surface area contributed by atoms with E-state index in [2.05, 4.69) is 37.2 Å². The average molecular weight is 484 g/mol. The summed E-state index contributed by atoms with van der Waals surface area (Å²) in [7, 11) is 0. The summed E-state index contributed by atoms with van der Waals surface area (Å²) in [6.45, 7) is 8.47. The Hall–Kier alpha value is -3.73. The molecule has 0 radical (unpaired) electrons. The highest BCUT2D eigenvalue weighted by Gasteiger charge is 2.35. The van der Waals surface area contributed by atoms with Crippen LogP contribution < -0.4 is 0 Å². The summed E-state index contributed by atoms with van der Waals surface area (Å²) in [6, 6.07) is 19.3. The van der Waals surface area contributed by atoms with Gasteiger partial charge in [-0.1, -0.05) is 67.0 Å². The van der Waals surface area contributed by atoms with Gasteiger partial charge in [0.1, 0.15) is 12.4 Å². The van der Waals surface area contributed by atoms with E-state index < -0.39 is 5.97 Å². The second-order valence-corrected chi connectivity index (χ2v) is 9.26. The molecular weight excluding hydrogens is 450 g/mol. The van der Waals surface area contributed by atoms with E-state index in [1.54, 1.807) is 24.3 Å². The molecule has 0 heterocycles. The molecule has 0 aliphatic heterocycles. The second-order valence-electron chi connectivity index (χ2n) is 9.26. The summed E-state index contributed by atoms with van der Waals surface area (Å²) < 4.78 is 5.98. The number of hydrogen-bond acceptors (Lipinski definition) is 5. The van der Waals surface area contributed by atoms with Gasteiger partial charge in [-0.05, 0) is 72.7 Å². The molecule has 1 atom stereocenters. The van der Waals surface area contributed by atoms with Crippen LogP contribution in [0.5, 0.6) is 0 Å². The van der Waals surface area contributed by atoms with Crippen molar-refractivity contribution in [1.82, 2.24) is 0 Å². The van der Waals surface area contributed by atoms with Gasteiger partial charge < -0.3 is 9.57 Å². The van der Waals surface area contributed by atoms with Crippen molar-refractivity contribution in [2.75, 3.05) is 6.61 Å². The van der Waals surface area contributed by atoms with Crippen molar-refractivity contribution in [2.45, 2.75) is 59.3 Å². The van der Waals surface area contributed by atoms with E-state index in [9.17, 15) is 9.59 Å². The van der Waals surface area contributed by atoms with Crippen molar-refractivity contribution in [1.29, 1.82) is 0 Å². The molecule has 1 aliphatic rings. The highest BCUT2D eigenvalue weighted by molar-refractivity contribution is 6.23. The Labute approximate surface area is 212 Å². The standard InChI is InChI=1S/C31H33NO4/c1-5-12-26(32-35-6-2)30-27(33)18-23(19-28(30)36-31(34)22-13-8-7-9-14-22)29-21(4)17-20(3)24-15-10-11-16-25(24)29/h7-11,13-17,23H,5-6,12,18-19H2,1-4H3. The minimum Gasteiger partial charge on any atom is -0.427 e. The molecule has 1 aliphatic carbocycles. The van der Waals surface area contributed by atoms with Gasteiger partial charge in [-0.25, -0.2) is 4.79 Å². The average Bonchev–Trinajstić information content (AvgIpc) is 2.87. The Morgan fingerprint density at radius 1 is 0.944 bits per heavy atom. The number of rotatable bonds is 8. The molecule has 5 nitrogen and oxygen atoms in total. The third-order valence-electron chi connectivity index (χ3n) is 6.63. The van der Waals surface area contributed by atoms with Crippen molar-refractivity contribution in [2.24, 2.45) is 5.16 Å². The molecule has 4 rings (SSSR count). The summed E-state index contributed by atoms with van der Waals surface area (Å²) in [5, 5.41) is 6.57. The number of esters is 1. The van der Waals surface area contributed by atoms with E-state index in [1.807, 2.05) is 32.0 Å². The summed E-state index contributed by atoms with van der Waals surface area (Å²) >= 11 is 0. The first kappa shape index (κ1) is 25.4. The lowest BCUT2D eigenvalue weighted by Gasteiger charge is -2.29. The fourth-order valence-electron chi connectivity index (χ4n) is 5.14. The van der Waals surface area contributed by atoms with Crippen LogP contribution in [0.25, 0.3) is 10.8 Å². The minimum atomic E-state index is -0.478. The van der Waals surface area contributed by atoms with Gasteiger partial charge in [0.25, 0.3) is 0 Å². The predicted molar refractivity (Wildman–Crippen MR) is 143 cm³/mol. The van der Waals surface area contributed by atoms with Crippen LogP contribution in [-0.4, -0.2) is 24.1 Å². The number of fused-ring (bicyclic) bond motifs is 1. The topological polar surface area (TPSA) is 65.0 Å². The highest BCUT2D eigenvalue weighted by Crippen LogP contribution is 2.41. The molecular formula is C31H33NO4. The Balaban J connectivity index is 1.82. The van der Waals surface area contributed by atoms with Crippen LogP contribution in [0.2, 0.25) is 0 Å². The predicted octanol–water partition coefficient (Wildman–Crippen LogP) is 7.21. The molecule has 0 spiro atoms. The van der Waals surface area contributed by atoms with E-state index >= 15 is 0 Å². The van der Waals surface area contributed by atoms with Crippen LogP contribution in [0.3, 0.4) is 0 Å². The first-order valence-electron chi connectivity index (χ1n) is 12.7. The fraction of sp³-hybridized carbons (Fsp3) is 0.323. The largest absolute Gasteiger partial charge is 0.427 e. The quantitative estimate of drug-likeness (QED) is 0.193. The maximum absolute atomic E-state index is 13.7. The van der Waals surface area contributed by atoms with Gasteiger partial charge in [0.05, 0.1) is 16.8 Å². The number of allylic oxidation sites excluding steroid dienone is 2. The SMILES string of the molecule is CCCC(=NOCC)C1=C(OC(=O)c2ccccc2)CC(c2c(C)cc(C)c3ccccc23)CC1=O. The Bertz CT molecular complexity index is 1340. The van der Waals surface area contributed by atoms with Gasteiger partial charge in [-0.2, -0.15) is 0 Å². The highest BCUT2D eigenvalue weighted by atomic mass is 16.6. The number of carbonyl (C=O) groups is 2. The number of ketones is 1. The molecule has 0 saturated carbocycles. The van der Waals surface area contributed by atoms with Gasteiger partial charge in [0.2, 0.25) is 0 Å². The lowest BCUT2D eigenvalue weighted by Crippen LogP contribution is -2.26. The first-order valence-corrected chi connectivity index (χ1v) is 12.7. The number of aryl methyl sites for hydroxylation is 2. The van der Waals surface area contributed by atoms with Gasteiger partial charge in [0.15, 0.2) is 5.78 Å². The van der Waals surface area contributed by atoms with E-state index in [0.29, 0.717) is 48.5 Å². The zero-order chi connectivity index (χ0) is 25.7.